The van der Waals surface area contributed by atoms with Crippen LogP contribution in [-0.4, -0.2) is 30.9 Å². The van der Waals surface area contributed by atoms with Crippen LogP contribution in [0.15, 0.2) is 36.7 Å². The number of nitrogens with one attached hydrogen (secondary N) is 1. The van der Waals surface area contributed by atoms with Gasteiger partial charge in [0.2, 0.25) is 11.9 Å². The highest BCUT2D eigenvalue weighted by atomic mass is 16.2. The standard InChI is InChI=1S/C22H24N6O2/c1-4-8-28-18-7-6-14(19(23)29)10-17(18)25-22(28)26-21(30)16-12-27(3)20-15(16)9-13(5-2)11-24-20/h6-7,9-12H,4-5,8H2,1-3H3,(H2,23,29)(H,25,26,30). The van der Waals surface area contributed by atoms with Gasteiger partial charge in [-0.25, -0.2) is 9.97 Å². The minimum Gasteiger partial charge on any atom is -0.366 e. The Morgan fingerprint density at radius 1 is 1.20 bits per heavy atom. The van der Waals surface area contributed by atoms with E-state index < -0.39 is 5.91 Å². The van der Waals surface area contributed by atoms with Crippen molar-refractivity contribution in [3.8, 4) is 0 Å². The van der Waals surface area contributed by atoms with Gasteiger partial charge in [0.25, 0.3) is 5.91 Å². The number of primary amides is 1. The van der Waals surface area contributed by atoms with Crippen LogP contribution < -0.4 is 11.1 Å². The van der Waals surface area contributed by atoms with Crippen molar-refractivity contribution in [3.63, 3.8) is 0 Å². The number of hydrogen-bond donors (Lipinski definition) is 2. The molecule has 0 atom stereocenters. The summed E-state index contributed by atoms with van der Waals surface area (Å²) < 4.78 is 3.79. The lowest BCUT2D eigenvalue weighted by Crippen LogP contribution is -2.16. The molecule has 154 valence electrons. The maximum Gasteiger partial charge on any atom is 0.260 e. The number of pyridine rings is 1. The number of carbonyl (C=O) groups is 2. The Morgan fingerprint density at radius 3 is 2.70 bits per heavy atom. The zero-order valence-electron chi connectivity index (χ0n) is 17.3. The van der Waals surface area contributed by atoms with E-state index in [0.717, 1.165) is 35.0 Å². The second kappa shape index (κ2) is 7.62. The lowest BCUT2D eigenvalue weighted by Gasteiger charge is -2.09. The first-order valence-electron chi connectivity index (χ1n) is 9.98. The molecule has 8 heteroatoms. The molecular formula is C22H24N6O2. The lowest BCUT2D eigenvalue weighted by molar-refractivity contribution is 0.0997. The molecule has 4 rings (SSSR count). The van der Waals surface area contributed by atoms with E-state index >= 15 is 0 Å². The number of rotatable bonds is 6. The minimum atomic E-state index is -0.512. The monoisotopic (exact) mass is 404 g/mol. The summed E-state index contributed by atoms with van der Waals surface area (Å²) in [6, 6.07) is 7.14. The molecule has 0 saturated carbocycles. The number of amides is 2. The van der Waals surface area contributed by atoms with Gasteiger partial charge in [-0.2, -0.15) is 0 Å². The number of nitrogens with two attached hydrogens (primary N) is 1. The number of fused-ring (bicyclic) bond motifs is 2. The van der Waals surface area contributed by atoms with Gasteiger partial charge in [0, 0.05) is 36.9 Å². The summed E-state index contributed by atoms with van der Waals surface area (Å²) in [6.45, 7) is 4.79. The summed E-state index contributed by atoms with van der Waals surface area (Å²) in [7, 11) is 1.87. The Morgan fingerprint density at radius 2 is 2.00 bits per heavy atom. The molecule has 3 N–H and O–H groups in total. The molecule has 0 aliphatic rings. The van der Waals surface area contributed by atoms with Crippen molar-refractivity contribution in [2.75, 3.05) is 5.32 Å². The van der Waals surface area contributed by atoms with Crippen molar-refractivity contribution in [2.24, 2.45) is 12.8 Å². The highest BCUT2D eigenvalue weighted by Crippen LogP contribution is 2.25. The molecule has 3 heterocycles. The van der Waals surface area contributed by atoms with E-state index in [4.69, 9.17) is 5.73 Å². The van der Waals surface area contributed by atoms with Gasteiger partial charge in [-0.05, 0) is 42.7 Å². The molecule has 0 aliphatic heterocycles. The smallest absolute Gasteiger partial charge is 0.260 e. The molecule has 0 unspecified atom stereocenters. The Bertz CT molecular complexity index is 1280. The van der Waals surface area contributed by atoms with Crippen LogP contribution in [0, 0.1) is 0 Å². The van der Waals surface area contributed by atoms with Gasteiger partial charge in [-0.1, -0.05) is 13.8 Å². The average Bonchev–Trinajstić information content (AvgIpc) is 3.25. The fraction of sp³-hybridized carbons (Fsp3) is 0.273. The molecular weight excluding hydrogens is 380 g/mol. The maximum absolute atomic E-state index is 13.2. The van der Waals surface area contributed by atoms with Crippen molar-refractivity contribution in [1.82, 2.24) is 19.1 Å². The third kappa shape index (κ3) is 3.30. The molecule has 0 fully saturated rings. The van der Waals surface area contributed by atoms with Gasteiger partial charge in [0.15, 0.2) is 0 Å². The van der Waals surface area contributed by atoms with Gasteiger partial charge >= 0.3 is 0 Å². The second-order valence-electron chi connectivity index (χ2n) is 7.33. The molecule has 0 radical (unpaired) electrons. The van der Waals surface area contributed by atoms with Gasteiger partial charge < -0.3 is 14.9 Å². The number of hydrogen-bond acceptors (Lipinski definition) is 4. The summed E-state index contributed by atoms with van der Waals surface area (Å²) in [4.78, 5) is 33.7. The van der Waals surface area contributed by atoms with Crippen LogP contribution in [0.5, 0.6) is 0 Å². The molecule has 1 aromatic carbocycles. The number of nitrogens with zero attached hydrogens (tertiary/aromatic N) is 4. The first kappa shape index (κ1) is 19.6. The fourth-order valence-corrected chi connectivity index (χ4v) is 3.68. The third-order valence-corrected chi connectivity index (χ3v) is 5.23. The molecule has 30 heavy (non-hydrogen) atoms. The Kier molecular flexibility index (Phi) is 4.99. The number of benzene rings is 1. The molecule has 0 bridgehead atoms. The molecule has 3 aromatic heterocycles. The Labute approximate surface area is 173 Å². The highest BCUT2D eigenvalue weighted by molar-refractivity contribution is 6.12. The predicted molar refractivity (Wildman–Crippen MR) is 117 cm³/mol. The van der Waals surface area contributed by atoms with E-state index in [0.29, 0.717) is 29.1 Å². The van der Waals surface area contributed by atoms with Crippen LogP contribution in [0.2, 0.25) is 0 Å². The molecule has 0 spiro atoms. The molecule has 0 saturated heterocycles. The van der Waals surface area contributed by atoms with E-state index in [9.17, 15) is 9.59 Å². The van der Waals surface area contributed by atoms with Gasteiger partial charge in [0.1, 0.15) is 5.65 Å². The number of aryl methyl sites for hydroxylation is 3. The lowest BCUT2D eigenvalue weighted by atomic mass is 10.1. The van der Waals surface area contributed by atoms with Crippen LogP contribution in [0.3, 0.4) is 0 Å². The zero-order chi connectivity index (χ0) is 21.4. The minimum absolute atomic E-state index is 0.251. The Hall–Kier alpha value is -3.68. The summed E-state index contributed by atoms with van der Waals surface area (Å²) in [5.41, 5.74) is 9.60. The van der Waals surface area contributed by atoms with E-state index in [1.165, 1.54) is 0 Å². The third-order valence-electron chi connectivity index (χ3n) is 5.23. The van der Waals surface area contributed by atoms with Crippen LogP contribution in [0.4, 0.5) is 5.95 Å². The van der Waals surface area contributed by atoms with Crippen molar-refractivity contribution >= 4 is 39.8 Å². The van der Waals surface area contributed by atoms with Gasteiger partial charge in [-0.3, -0.25) is 14.9 Å². The van der Waals surface area contributed by atoms with Crippen LogP contribution in [-0.2, 0) is 20.0 Å². The summed E-state index contributed by atoms with van der Waals surface area (Å²) in [5, 5.41) is 3.76. The van der Waals surface area contributed by atoms with Crippen molar-refractivity contribution in [3.05, 3.63) is 53.3 Å². The first-order chi connectivity index (χ1) is 14.4. The van der Waals surface area contributed by atoms with Crippen molar-refractivity contribution in [1.29, 1.82) is 0 Å². The predicted octanol–water partition coefficient (Wildman–Crippen LogP) is 3.25. The fourth-order valence-electron chi connectivity index (χ4n) is 3.68. The summed E-state index contributed by atoms with van der Waals surface area (Å²) in [5.74, 6) is -0.323. The molecule has 2 amide bonds. The van der Waals surface area contributed by atoms with E-state index in [1.54, 1.807) is 18.3 Å². The topological polar surface area (TPSA) is 108 Å². The quantitative estimate of drug-likeness (QED) is 0.514. The van der Waals surface area contributed by atoms with Crippen molar-refractivity contribution < 1.29 is 9.59 Å². The number of imidazole rings is 1. The van der Waals surface area contributed by atoms with Gasteiger partial charge in [0.05, 0.1) is 16.6 Å². The SMILES string of the molecule is CCCn1c(NC(=O)c2cn(C)c3ncc(CC)cc23)nc2cc(C(N)=O)ccc21. The normalized spacial score (nSPS) is 11.3. The van der Waals surface area contributed by atoms with E-state index in [2.05, 4.69) is 29.1 Å². The van der Waals surface area contributed by atoms with Gasteiger partial charge in [-0.15, -0.1) is 0 Å². The zero-order valence-corrected chi connectivity index (χ0v) is 17.3. The first-order valence-corrected chi connectivity index (χ1v) is 9.98. The number of aromatic nitrogens is 4. The largest absolute Gasteiger partial charge is 0.366 e. The Balaban J connectivity index is 1.76. The maximum atomic E-state index is 13.2. The molecule has 8 nitrogen and oxygen atoms in total. The number of carbonyl (C=O) groups excluding carboxylic acids is 2. The van der Waals surface area contributed by atoms with Crippen LogP contribution in [0.1, 0.15) is 46.5 Å². The second-order valence-corrected chi connectivity index (χ2v) is 7.33. The summed E-state index contributed by atoms with van der Waals surface area (Å²) in [6.07, 6.45) is 5.32. The average molecular weight is 404 g/mol. The highest BCUT2D eigenvalue weighted by Gasteiger charge is 2.19. The van der Waals surface area contributed by atoms with Crippen molar-refractivity contribution in [2.45, 2.75) is 33.2 Å². The van der Waals surface area contributed by atoms with Crippen LogP contribution >= 0.6 is 0 Å². The molecule has 0 aliphatic carbocycles. The molecule has 4 aromatic rings. The van der Waals surface area contributed by atoms with Crippen LogP contribution in [0.25, 0.3) is 22.1 Å². The number of anilines is 1. The van der Waals surface area contributed by atoms with E-state index in [1.807, 2.05) is 34.5 Å². The summed E-state index contributed by atoms with van der Waals surface area (Å²) >= 11 is 0. The van der Waals surface area contributed by atoms with E-state index in [-0.39, 0.29) is 5.91 Å².